The van der Waals surface area contributed by atoms with Crippen LogP contribution < -0.4 is 0 Å². The predicted octanol–water partition coefficient (Wildman–Crippen LogP) is 10.1. The summed E-state index contributed by atoms with van der Waals surface area (Å²) < 4.78 is 0. The van der Waals surface area contributed by atoms with E-state index < -0.39 is 0 Å². The summed E-state index contributed by atoms with van der Waals surface area (Å²) >= 11 is 0. The molecule has 212 valence electrons. The zero-order valence-corrected chi connectivity index (χ0v) is 25.1. The maximum absolute atomic E-state index is 5.05. The Balaban J connectivity index is 1.25. The Bertz CT molecular complexity index is 2050. The van der Waals surface area contributed by atoms with Gasteiger partial charge in [0.15, 0.2) is 17.5 Å². The summed E-state index contributed by atoms with van der Waals surface area (Å²) in [7, 11) is 0. The predicted molar refractivity (Wildman–Crippen MR) is 182 cm³/mol. The van der Waals surface area contributed by atoms with Crippen LogP contribution >= 0.6 is 0 Å². The van der Waals surface area contributed by atoms with Crippen molar-refractivity contribution in [3.8, 4) is 67.5 Å². The molecular weight excluding hydrogens is 546 g/mol. The van der Waals surface area contributed by atoms with Crippen molar-refractivity contribution in [3.05, 3.63) is 163 Å². The average molecular weight is 576 g/mol. The van der Waals surface area contributed by atoms with Gasteiger partial charge in [-0.05, 0) is 57.1 Å². The van der Waals surface area contributed by atoms with Crippen molar-refractivity contribution in [1.29, 1.82) is 0 Å². The molecule has 1 aliphatic carbocycles. The molecule has 0 aliphatic heterocycles. The van der Waals surface area contributed by atoms with E-state index in [0.717, 1.165) is 27.8 Å². The van der Waals surface area contributed by atoms with Gasteiger partial charge in [-0.15, -0.1) is 0 Å². The Labute approximate surface area is 264 Å². The van der Waals surface area contributed by atoms with Crippen LogP contribution in [0, 0.1) is 12.1 Å². The van der Waals surface area contributed by atoms with E-state index in [-0.39, 0.29) is 5.41 Å². The van der Waals surface area contributed by atoms with Crippen molar-refractivity contribution in [1.82, 2.24) is 15.0 Å². The summed E-state index contributed by atoms with van der Waals surface area (Å²) in [6.45, 7) is 4.50. The van der Waals surface area contributed by atoms with Crippen LogP contribution in [0.25, 0.3) is 67.5 Å². The van der Waals surface area contributed by atoms with Crippen LogP contribution in [0.4, 0.5) is 0 Å². The quantitative estimate of drug-likeness (QED) is 0.205. The number of aromatic nitrogens is 3. The second-order valence-corrected chi connectivity index (χ2v) is 12.0. The van der Waals surface area contributed by atoms with Crippen LogP contribution in [0.2, 0.25) is 0 Å². The van der Waals surface area contributed by atoms with E-state index in [1.165, 1.54) is 33.4 Å². The second-order valence-electron chi connectivity index (χ2n) is 12.0. The first-order chi connectivity index (χ1) is 22.0. The van der Waals surface area contributed by atoms with Crippen molar-refractivity contribution in [2.24, 2.45) is 0 Å². The first-order valence-corrected chi connectivity index (χ1v) is 15.2. The molecule has 0 radical (unpaired) electrons. The molecule has 6 aromatic carbocycles. The molecule has 0 saturated heterocycles. The highest BCUT2D eigenvalue weighted by Crippen LogP contribution is 2.48. The molecule has 45 heavy (non-hydrogen) atoms. The van der Waals surface area contributed by atoms with Crippen LogP contribution in [-0.2, 0) is 5.41 Å². The topological polar surface area (TPSA) is 38.7 Å². The SMILES string of the molecule is CC1(C)c2c#cccc2-c2cc(-c3nc(-c4ccc(-c5ccccc5)cc4)nc(-c4ccc(-c5ccccc5)cc4)n3)ccc21. The lowest BCUT2D eigenvalue weighted by Gasteiger charge is -2.19. The van der Waals surface area contributed by atoms with Crippen molar-refractivity contribution in [2.75, 3.05) is 0 Å². The minimum atomic E-state index is -0.141. The molecule has 0 unspecified atom stereocenters. The zero-order valence-electron chi connectivity index (χ0n) is 25.1. The summed E-state index contributed by atoms with van der Waals surface area (Å²) in [4.78, 5) is 15.1. The highest BCUT2D eigenvalue weighted by molar-refractivity contribution is 5.83. The molecule has 1 aromatic heterocycles. The Hall–Kier alpha value is -5.85. The van der Waals surface area contributed by atoms with Gasteiger partial charge in [-0.3, -0.25) is 0 Å². The summed E-state index contributed by atoms with van der Waals surface area (Å²) in [5, 5.41) is 0. The Morgan fingerprint density at radius 2 is 0.889 bits per heavy atom. The summed E-state index contributed by atoms with van der Waals surface area (Å²) in [5.41, 5.74) is 12.2. The molecule has 0 spiro atoms. The van der Waals surface area contributed by atoms with E-state index in [1.54, 1.807) is 0 Å². The fourth-order valence-electron chi connectivity index (χ4n) is 6.34. The molecule has 0 fully saturated rings. The first kappa shape index (κ1) is 26.8. The monoisotopic (exact) mass is 575 g/mol. The van der Waals surface area contributed by atoms with Crippen LogP contribution in [0.3, 0.4) is 0 Å². The van der Waals surface area contributed by atoms with E-state index in [0.29, 0.717) is 17.5 Å². The van der Waals surface area contributed by atoms with Gasteiger partial charge in [-0.2, -0.15) is 0 Å². The van der Waals surface area contributed by atoms with Crippen LogP contribution in [0.15, 0.2) is 140 Å². The number of rotatable bonds is 5. The highest BCUT2D eigenvalue weighted by atomic mass is 15.0. The maximum Gasteiger partial charge on any atom is 0.164 e. The summed E-state index contributed by atoms with van der Waals surface area (Å²) in [6, 6.07) is 54.9. The Morgan fingerprint density at radius 3 is 1.42 bits per heavy atom. The van der Waals surface area contributed by atoms with Crippen molar-refractivity contribution < 1.29 is 0 Å². The van der Waals surface area contributed by atoms with Gasteiger partial charge in [0.05, 0.1) is 0 Å². The smallest absolute Gasteiger partial charge is 0.164 e. The number of nitrogens with zero attached hydrogens (tertiary/aromatic N) is 3. The van der Waals surface area contributed by atoms with Gasteiger partial charge in [0.1, 0.15) is 0 Å². The summed E-state index contributed by atoms with van der Waals surface area (Å²) in [5.74, 6) is 1.94. The molecule has 8 rings (SSSR count). The lowest BCUT2D eigenvalue weighted by Crippen LogP contribution is -2.14. The number of hydrogen-bond acceptors (Lipinski definition) is 3. The first-order valence-electron chi connectivity index (χ1n) is 15.2. The molecular formula is C42H29N3. The number of hydrogen-bond donors (Lipinski definition) is 0. The Kier molecular flexibility index (Phi) is 6.36. The van der Waals surface area contributed by atoms with Gasteiger partial charge in [0, 0.05) is 27.7 Å². The van der Waals surface area contributed by atoms with E-state index >= 15 is 0 Å². The van der Waals surface area contributed by atoms with Crippen LogP contribution in [0.1, 0.15) is 25.0 Å². The fourth-order valence-corrected chi connectivity index (χ4v) is 6.34. The normalized spacial score (nSPS) is 12.7. The molecule has 0 atom stereocenters. The standard InChI is InChI=1S/C42H29N3/c1-42(2)37-16-10-9-15-35(37)36-27-34(25-26-38(36)42)41-44-39(32-21-17-30(18-22-32)28-11-5-3-6-12-28)43-40(45-41)33-23-19-31(20-24-33)29-13-7-4-8-14-29/h3-9,11-15,17-27H,1-2H3. The molecule has 7 aromatic rings. The second kappa shape index (κ2) is 10.7. The number of benzene rings is 5. The molecule has 1 aliphatic rings. The van der Waals surface area contributed by atoms with E-state index in [9.17, 15) is 0 Å². The van der Waals surface area contributed by atoms with Gasteiger partial charge in [0.2, 0.25) is 0 Å². The minimum Gasteiger partial charge on any atom is -0.208 e. The lowest BCUT2D eigenvalue weighted by atomic mass is 9.83. The largest absolute Gasteiger partial charge is 0.208 e. The fraction of sp³-hybridized carbons (Fsp3) is 0.0714. The average Bonchev–Trinajstić information content (AvgIpc) is 3.34. The third-order valence-corrected chi connectivity index (χ3v) is 8.80. The lowest BCUT2D eigenvalue weighted by molar-refractivity contribution is 0.661. The van der Waals surface area contributed by atoms with Crippen molar-refractivity contribution >= 4 is 0 Å². The van der Waals surface area contributed by atoms with Crippen LogP contribution in [0.5, 0.6) is 0 Å². The van der Waals surface area contributed by atoms with Gasteiger partial charge in [-0.1, -0.05) is 147 Å². The molecule has 0 amide bonds. The molecule has 0 N–H and O–H groups in total. The zero-order chi connectivity index (χ0) is 30.4. The molecule has 1 heterocycles. The van der Waals surface area contributed by atoms with Crippen LogP contribution in [-0.4, -0.2) is 15.0 Å². The molecule has 0 saturated carbocycles. The van der Waals surface area contributed by atoms with Crippen molar-refractivity contribution in [2.45, 2.75) is 19.3 Å². The van der Waals surface area contributed by atoms with E-state index in [2.05, 4.69) is 147 Å². The highest BCUT2D eigenvalue weighted by Gasteiger charge is 2.35. The summed E-state index contributed by atoms with van der Waals surface area (Å²) in [6.07, 6.45) is 0. The number of fused-ring (bicyclic) bond motifs is 3. The van der Waals surface area contributed by atoms with Gasteiger partial charge >= 0.3 is 0 Å². The molecule has 3 nitrogen and oxygen atoms in total. The molecule has 0 bridgehead atoms. The van der Waals surface area contributed by atoms with E-state index in [4.69, 9.17) is 15.0 Å². The maximum atomic E-state index is 5.05. The van der Waals surface area contributed by atoms with Gasteiger partial charge in [0.25, 0.3) is 0 Å². The van der Waals surface area contributed by atoms with Gasteiger partial charge in [-0.25, -0.2) is 15.0 Å². The van der Waals surface area contributed by atoms with Gasteiger partial charge < -0.3 is 0 Å². The van der Waals surface area contributed by atoms with Crippen molar-refractivity contribution in [3.63, 3.8) is 0 Å². The third-order valence-electron chi connectivity index (χ3n) is 8.80. The third kappa shape index (κ3) is 4.78. The van der Waals surface area contributed by atoms with E-state index in [1.807, 2.05) is 18.2 Å². The Morgan fingerprint density at radius 1 is 0.444 bits per heavy atom. The minimum absolute atomic E-state index is 0.141. The molecule has 3 heteroatoms.